The number of sulfonamides is 1. The highest BCUT2D eigenvalue weighted by molar-refractivity contribution is 8.00. The molecule has 1 unspecified atom stereocenters. The van der Waals surface area contributed by atoms with Crippen molar-refractivity contribution in [1.82, 2.24) is 4.31 Å². The molecule has 0 spiro atoms. The topological polar surface area (TPSA) is 83.9 Å². The molecule has 1 heterocycles. The summed E-state index contributed by atoms with van der Waals surface area (Å²) < 4.78 is 31.9. The van der Waals surface area contributed by atoms with Crippen molar-refractivity contribution in [3.8, 4) is 5.75 Å². The molecule has 0 radical (unpaired) electrons. The van der Waals surface area contributed by atoms with E-state index < -0.39 is 16.0 Å². The van der Waals surface area contributed by atoms with Gasteiger partial charge in [0.05, 0.1) is 12.7 Å². The van der Waals surface area contributed by atoms with Crippen molar-refractivity contribution in [1.29, 1.82) is 0 Å². The lowest BCUT2D eigenvalue weighted by Crippen LogP contribution is -2.41. The zero-order chi connectivity index (χ0) is 15.6. The Labute approximate surface area is 128 Å². The summed E-state index contributed by atoms with van der Waals surface area (Å²) in [4.78, 5) is 11.0. The molecule has 0 bridgehead atoms. The second-order valence-electron chi connectivity index (χ2n) is 4.72. The third kappa shape index (κ3) is 3.33. The first-order valence-electron chi connectivity index (χ1n) is 6.39. The Bertz CT molecular complexity index is 644. The largest absolute Gasteiger partial charge is 0.495 e. The van der Waals surface area contributed by atoms with Gasteiger partial charge >= 0.3 is 5.97 Å². The van der Waals surface area contributed by atoms with E-state index in [1.807, 2.05) is 6.92 Å². The van der Waals surface area contributed by atoms with Crippen LogP contribution in [0.3, 0.4) is 0 Å². The average Bonchev–Trinajstić information content (AvgIpc) is 2.46. The molecule has 1 fully saturated rings. The SMILES string of the molecule is COc1cc(C(=O)O)ccc1S(=O)(=O)N1CCSC(C)C1. The highest BCUT2D eigenvalue weighted by Crippen LogP contribution is 2.30. The fourth-order valence-electron chi connectivity index (χ4n) is 2.16. The highest BCUT2D eigenvalue weighted by atomic mass is 32.2. The zero-order valence-electron chi connectivity index (χ0n) is 11.8. The van der Waals surface area contributed by atoms with E-state index in [-0.39, 0.29) is 21.5 Å². The summed E-state index contributed by atoms with van der Waals surface area (Å²) in [6.45, 7) is 2.87. The second-order valence-corrected chi connectivity index (χ2v) is 8.17. The number of hydrogen-bond acceptors (Lipinski definition) is 5. The lowest BCUT2D eigenvalue weighted by atomic mass is 10.2. The first-order chi connectivity index (χ1) is 9.86. The monoisotopic (exact) mass is 331 g/mol. The van der Waals surface area contributed by atoms with Crippen LogP contribution in [0, 0.1) is 0 Å². The van der Waals surface area contributed by atoms with Crippen molar-refractivity contribution in [3.05, 3.63) is 23.8 Å². The second kappa shape index (κ2) is 6.25. The van der Waals surface area contributed by atoms with Crippen LogP contribution in [0.5, 0.6) is 5.75 Å². The molecule has 1 aliphatic rings. The molecule has 1 saturated heterocycles. The first kappa shape index (κ1) is 16.1. The van der Waals surface area contributed by atoms with Crippen LogP contribution in [0.15, 0.2) is 23.1 Å². The van der Waals surface area contributed by atoms with Crippen molar-refractivity contribution in [2.24, 2.45) is 0 Å². The number of benzene rings is 1. The Morgan fingerprint density at radius 2 is 2.19 bits per heavy atom. The van der Waals surface area contributed by atoms with Gasteiger partial charge in [0.2, 0.25) is 10.0 Å². The van der Waals surface area contributed by atoms with E-state index in [2.05, 4.69) is 0 Å². The van der Waals surface area contributed by atoms with E-state index in [9.17, 15) is 13.2 Å². The van der Waals surface area contributed by atoms with Crippen molar-refractivity contribution >= 4 is 27.8 Å². The number of carboxylic acids is 1. The van der Waals surface area contributed by atoms with Crippen LogP contribution < -0.4 is 4.74 Å². The van der Waals surface area contributed by atoms with Gasteiger partial charge in [0.1, 0.15) is 10.6 Å². The molecule has 0 amide bonds. The van der Waals surface area contributed by atoms with Gasteiger partial charge in [-0.2, -0.15) is 16.1 Å². The lowest BCUT2D eigenvalue weighted by molar-refractivity contribution is 0.0696. The standard InChI is InChI=1S/C13H17NO5S2/c1-9-8-14(5-6-20-9)21(17,18)12-4-3-10(13(15)16)7-11(12)19-2/h3-4,7,9H,5-6,8H2,1-2H3,(H,15,16). The normalized spacial score (nSPS) is 20.2. The summed E-state index contributed by atoms with van der Waals surface area (Å²) in [5, 5.41) is 9.20. The number of ether oxygens (including phenoxy) is 1. The molecule has 2 rings (SSSR count). The van der Waals surface area contributed by atoms with Crippen LogP contribution >= 0.6 is 11.8 Å². The number of thioether (sulfide) groups is 1. The van der Waals surface area contributed by atoms with Gasteiger partial charge in [-0.05, 0) is 18.2 Å². The summed E-state index contributed by atoms with van der Waals surface area (Å²) in [7, 11) is -2.35. The van der Waals surface area contributed by atoms with Crippen LogP contribution in [0.2, 0.25) is 0 Å². The third-order valence-electron chi connectivity index (χ3n) is 3.23. The van der Waals surface area contributed by atoms with Crippen molar-refractivity contribution in [2.75, 3.05) is 26.0 Å². The maximum Gasteiger partial charge on any atom is 0.335 e. The zero-order valence-corrected chi connectivity index (χ0v) is 13.4. The molecule has 0 aliphatic carbocycles. The van der Waals surface area contributed by atoms with E-state index in [0.717, 1.165) is 5.75 Å². The fraction of sp³-hybridized carbons (Fsp3) is 0.462. The van der Waals surface area contributed by atoms with E-state index in [4.69, 9.17) is 9.84 Å². The Hall–Kier alpha value is -1.25. The smallest absolute Gasteiger partial charge is 0.335 e. The first-order valence-corrected chi connectivity index (χ1v) is 8.88. The number of aromatic carboxylic acids is 1. The van der Waals surface area contributed by atoms with Crippen LogP contribution in [0.25, 0.3) is 0 Å². The van der Waals surface area contributed by atoms with E-state index >= 15 is 0 Å². The van der Waals surface area contributed by atoms with Crippen LogP contribution in [-0.4, -0.2) is 55.0 Å². The van der Waals surface area contributed by atoms with E-state index in [1.165, 1.54) is 29.6 Å². The number of hydrogen-bond donors (Lipinski definition) is 1. The predicted molar refractivity (Wildman–Crippen MR) is 80.6 cm³/mol. The van der Waals surface area contributed by atoms with Gasteiger partial charge in [-0.25, -0.2) is 13.2 Å². The minimum absolute atomic E-state index is 0.00614. The molecule has 0 aromatic heterocycles. The summed E-state index contributed by atoms with van der Waals surface area (Å²) >= 11 is 1.73. The maximum atomic E-state index is 12.7. The molecule has 0 saturated carbocycles. The average molecular weight is 331 g/mol. The summed E-state index contributed by atoms with van der Waals surface area (Å²) in [5.41, 5.74) is -0.00614. The summed E-state index contributed by atoms with van der Waals surface area (Å²) in [6.07, 6.45) is 0. The molecule has 1 aromatic rings. The van der Waals surface area contributed by atoms with Gasteiger partial charge in [-0.1, -0.05) is 6.92 Å². The molecule has 6 nitrogen and oxygen atoms in total. The molecular formula is C13H17NO5S2. The molecule has 1 N–H and O–H groups in total. The van der Waals surface area contributed by atoms with Crippen LogP contribution in [-0.2, 0) is 10.0 Å². The molecule has 116 valence electrons. The summed E-state index contributed by atoms with van der Waals surface area (Å²) in [6, 6.07) is 3.81. The predicted octanol–water partition coefficient (Wildman–Crippen LogP) is 1.52. The number of nitrogens with zero attached hydrogens (tertiary/aromatic N) is 1. The maximum absolute atomic E-state index is 12.7. The van der Waals surface area contributed by atoms with Crippen molar-refractivity contribution in [2.45, 2.75) is 17.1 Å². The van der Waals surface area contributed by atoms with Crippen LogP contribution in [0.1, 0.15) is 17.3 Å². The van der Waals surface area contributed by atoms with E-state index in [1.54, 1.807) is 11.8 Å². The van der Waals surface area contributed by atoms with Gasteiger partial charge < -0.3 is 9.84 Å². The third-order valence-corrected chi connectivity index (χ3v) is 6.27. The number of carbonyl (C=O) groups is 1. The van der Waals surface area contributed by atoms with Crippen molar-refractivity contribution in [3.63, 3.8) is 0 Å². The molecule has 8 heteroatoms. The fourth-order valence-corrected chi connectivity index (χ4v) is 5.05. The number of rotatable bonds is 4. The molecule has 21 heavy (non-hydrogen) atoms. The Kier molecular flexibility index (Phi) is 4.80. The van der Waals surface area contributed by atoms with Gasteiger partial charge in [-0.3, -0.25) is 0 Å². The number of carboxylic acid groups (broad SMARTS) is 1. The summed E-state index contributed by atoms with van der Waals surface area (Å²) in [5.74, 6) is -0.323. The van der Waals surface area contributed by atoms with Gasteiger partial charge in [0.25, 0.3) is 0 Å². The molecule has 1 aliphatic heterocycles. The molecular weight excluding hydrogens is 314 g/mol. The van der Waals surface area contributed by atoms with Gasteiger partial charge in [0.15, 0.2) is 0 Å². The van der Waals surface area contributed by atoms with E-state index in [0.29, 0.717) is 13.1 Å². The van der Waals surface area contributed by atoms with Crippen LogP contribution in [0.4, 0.5) is 0 Å². The minimum Gasteiger partial charge on any atom is -0.495 e. The number of methoxy groups -OCH3 is 1. The quantitative estimate of drug-likeness (QED) is 0.900. The van der Waals surface area contributed by atoms with Gasteiger partial charge in [0, 0.05) is 24.1 Å². The minimum atomic E-state index is -3.68. The Morgan fingerprint density at radius 3 is 2.76 bits per heavy atom. The molecule has 1 aromatic carbocycles. The Balaban J connectivity index is 2.42. The van der Waals surface area contributed by atoms with Crippen molar-refractivity contribution < 1.29 is 23.1 Å². The highest BCUT2D eigenvalue weighted by Gasteiger charge is 2.31. The molecule has 1 atom stereocenters. The Morgan fingerprint density at radius 1 is 1.48 bits per heavy atom. The lowest BCUT2D eigenvalue weighted by Gasteiger charge is -2.30. The van der Waals surface area contributed by atoms with Gasteiger partial charge in [-0.15, -0.1) is 0 Å².